The summed E-state index contributed by atoms with van der Waals surface area (Å²) in [6.45, 7) is 0. The van der Waals surface area contributed by atoms with Crippen molar-refractivity contribution in [2.24, 2.45) is 11.7 Å². The molecule has 1 fully saturated rings. The molecular formula is C5H9NOS2. The molecule has 0 aromatic heterocycles. The van der Waals surface area contributed by atoms with Crippen LogP contribution >= 0.6 is 23.5 Å². The Morgan fingerprint density at radius 3 is 2.33 bits per heavy atom. The minimum absolute atomic E-state index is 0.119. The van der Waals surface area contributed by atoms with Gasteiger partial charge in [0.05, 0.1) is 5.92 Å². The van der Waals surface area contributed by atoms with Gasteiger partial charge in [-0.1, -0.05) is 0 Å². The van der Waals surface area contributed by atoms with Crippen LogP contribution in [0.1, 0.15) is 0 Å². The summed E-state index contributed by atoms with van der Waals surface area (Å²) in [5.41, 5.74) is 5.10. The second kappa shape index (κ2) is 3.37. The van der Waals surface area contributed by atoms with Crippen LogP contribution in [0.5, 0.6) is 0 Å². The van der Waals surface area contributed by atoms with Gasteiger partial charge >= 0.3 is 0 Å². The van der Waals surface area contributed by atoms with Crippen molar-refractivity contribution in [2.75, 3.05) is 16.6 Å². The first-order chi connectivity index (χ1) is 4.30. The van der Waals surface area contributed by atoms with Crippen LogP contribution in [0.2, 0.25) is 0 Å². The maximum atomic E-state index is 10.5. The standard InChI is InChI=1S/C5H9NOS2/c6-5(7)4-1-8-3-9-2-4/h4H,1-3H2,(H2,6,7). The van der Waals surface area contributed by atoms with Crippen LogP contribution < -0.4 is 5.73 Å². The molecule has 0 unspecified atom stereocenters. The number of nitrogens with two attached hydrogens (primary N) is 1. The Morgan fingerprint density at radius 2 is 2.00 bits per heavy atom. The molecule has 1 heterocycles. The van der Waals surface area contributed by atoms with Gasteiger partial charge in [-0.3, -0.25) is 4.79 Å². The van der Waals surface area contributed by atoms with E-state index in [-0.39, 0.29) is 11.8 Å². The van der Waals surface area contributed by atoms with Crippen molar-refractivity contribution >= 4 is 29.4 Å². The van der Waals surface area contributed by atoms with Gasteiger partial charge in [0.15, 0.2) is 0 Å². The van der Waals surface area contributed by atoms with Crippen molar-refractivity contribution in [3.05, 3.63) is 0 Å². The fraction of sp³-hybridized carbons (Fsp3) is 0.800. The topological polar surface area (TPSA) is 43.1 Å². The molecule has 1 aliphatic heterocycles. The molecule has 1 amide bonds. The molecule has 1 rings (SSSR count). The fourth-order valence-corrected chi connectivity index (χ4v) is 3.18. The fourth-order valence-electron chi connectivity index (χ4n) is 0.652. The third kappa shape index (κ3) is 2.10. The number of hydrogen-bond acceptors (Lipinski definition) is 3. The predicted octanol–water partition coefficient (Wildman–Crippen LogP) is 0.525. The Bertz CT molecular complexity index is 112. The van der Waals surface area contributed by atoms with Gasteiger partial charge in [0, 0.05) is 16.6 Å². The highest BCUT2D eigenvalue weighted by Gasteiger charge is 2.18. The van der Waals surface area contributed by atoms with Crippen molar-refractivity contribution in [1.82, 2.24) is 0 Å². The molecule has 4 heteroatoms. The summed E-state index contributed by atoms with van der Waals surface area (Å²) in [6.07, 6.45) is 0. The number of rotatable bonds is 1. The summed E-state index contributed by atoms with van der Waals surface area (Å²) in [4.78, 5) is 10.5. The van der Waals surface area contributed by atoms with E-state index in [2.05, 4.69) is 0 Å². The zero-order valence-corrected chi connectivity index (χ0v) is 6.63. The van der Waals surface area contributed by atoms with E-state index in [1.807, 2.05) is 0 Å². The molecule has 0 aliphatic carbocycles. The largest absolute Gasteiger partial charge is 0.369 e. The Kier molecular flexibility index (Phi) is 2.72. The molecule has 0 bridgehead atoms. The van der Waals surface area contributed by atoms with Crippen LogP contribution in [0.25, 0.3) is 0 Å². The average Bonchev–Trinajstić information content (AvgIpc) is 1.90. The molecule has 9 heavy (non-hydrogen) atoms. The van der Waals surface area contributed by atoms with E-state index in [0.29, 0.717) is 0 Å². The Balaban J connectivity index is 2.31. The molecule has 0 atom stereocenters. The normalized spacial score (nSPS) is 21.8. The number of carbonyl (C=O) groups excluding carboxylic acids is 1. The number of carbonyl (C=O) groups is 1. The molecule has 2 N–H and O–H groups in total. The van der Waals surface area contributed by atoms with E-state index in [1.54, 1.807) is 23.5 Å². The lowest BCUT2D eigenvalue weighted by Crippen LogP contribution is -2.28. The van der Waals surface area contributed by atoms with Gasteiger partial charge in [0.25, 0.3) is 0 Å². The molecule has 0 radical (unpaired) electrons. The van der Waals surface area contributed by atoms with E-state index in [0.717, 1.165) is 16.6 Å². The van der Waals surface area contributed by atoms with Crippen LogP contribution in [-0.4, -0.2) is 22.5 Å². The first kappa shape index (κ1) is 7.28. The van der Waals surface area contributed by atoms with Crippen molar-refractivity contribution < 1.29 is 4.79 Å². The summed E-state index contributed by atoms with van der Waals surface area (Å²) in [6, 6.07) is 0. The Hall–Kier alpha value is 0.170. The van der Waals surface area contributed by atoms with E-state index in [1.165, 1.54) is 0 Å². The van der Waals surface area contributed by atoms with Gasteiger partial charge < -0.3 is 5.73 Å². The molecule has 0 spiro atoms. The van der Waals surface area contributed by atoms with Crippen LogP contribution in [0.3, 0.4) is 0 Å². The third-order valence-corrected chi connectivity index (χ3v) is 3.82. The number of thioether (sulfide) groups is 2. The lowest BCUT2D eigenvalue weighted by molar-refractivity contribution is -0.120. The average molecular weight is 163 g/mol. The molecular weight excluding hydrogens is 154 g/mol. The highest BCUT2D eigenvalue weighted by Crippen LogP contribution is 2.24. The lowest BCUT2D eigenvalue weighted by atomic mass is 10.2. The minimum Gasteiger partial charge on any atom is -0.369 e. The monoisotopic (exact) mass is 163 g/mol. The first-order valence-corrected chi connectivity index (χ1v) is 5.06. The summed E-state index contributed by atoms with van der Waals surface area (Å²) in [5.74, 6) is 1.81. The summed E-state index contributed by atoms with van der Waals surface area (Å²) >= 11 is 3.59. The van der Waals surface area contributed by atoms with Crippen molar-refractivity contribution in [1.29, 1.82) is 0 Å². The summed E-state index contributed by atoms with van der Waals surface area (Å²) in [5, 5.41) is 1.11. The van der Waals surface area contributed by atoms with Gasteiger partial charge in [-0.25, -0.2) is 0 Å². The van der Waals surface area contributed by atoms with Crippen molar-refractivity contribution in [3.63, 3.8) is 0 Å². The SMILES string of the molecule is NC(=O)C1CSCSC1. The maximum Gasteiger partial charge on any atom is 0.222 e. The lowest BCUT2D eigenvalue weighted by Gasteiger charge is -2.16. The molecule has 0 saturated carbocycles. The first-order valence-electron chi connectivity index (χ1n) is 2.75. The molecule has 0 aromatic rings. The predicted molar refractivity (Wildman–Crippen MR) is 42.5 cm³/mol. The van der Waals surface area contributed by atoms with Gasteiger partial charge in [-0.2, -0.15) is 23.5 Å². The van der Waals surface area contributed by atoms with Crippen molar-refractivity contribution in [2.45, 2.75) is 0 Å². The van der Waals surface area contributed by atoms with E-state index < -0.39 is 0 Å². The van der Waals surface area contributed by atoms with Crippen LogP contribution in [-0.2, 0) is 4.79 Å². The second-order valence-corrected chi connectivity index (χ2v) is 4.38. The van der Waals surface area contributed by atoms with E-state index in [9.17, 15) is 4.79 Å². The van der Waals surface area contributed by atoms with Crippen molar-refractivity contribution in [3.8, 4) is 0 Å². The van der Waals surface area contributed by atoms with Gasteiger partial charge in [-0.05, 0) is 0 Å². The molecule has 2 nitrogen and oxygen atoms in total. The third-order valence-electron chi connectivity index (χ3n) is 1.21. The highest BCUT2D eigenvalue weighted by atomic mass is 32.2. The van der Waals surface area contributed by atoms with Gasteiger partial charge in [0.1, 0.15) is 0 Å². The number of primary amides is 1. The molecule has 0 aromatic carbocycles. The minimum atomic E-state index is -0.144. The summed E-state index contributed by atoms with van der Waals surface area (Å²) in [7, 11) is 0. The second-order valence-electron chi connectivity index (χ2n) is 1.96. The van der Waals surface area contributed by atoms with Gasteiger partial charge in [-0.15, -0.1) is 0 Å². The van der Waals surface area contributed by atoms with Gasteiger partial charge in [0.2, 0.25) is 5.91 Å². The van der Waals surface area contributed by atoms with Crippen LogP contribution in [0.4, 0.5) is 0 Å². The molecule has 1 saturated heterocycles. The number of hydrogen-bond donors (Lipinski definition) is 1. The zero-order valence-electron chi connectivity index (χ0n) is 5.00. The van der Waals surface area contributed by atoms with Crippen LogP contribution in [0.15, 0.2) is 0 Å². The Labute approximate surface area is 62.9 Å². The molecule has 52 valence electrons. The maximum absolute atomic E-state index is 10.5. The number of amides is 1. The van der Waals surface area contributed by atoms with E-state index in [4.69, 9.17) is 5.73 Å². The molecule has 1 aliphatic rings. The summed E-state index contributed by atoms with van der Waals surface area (Å²) < 4.78 is 0. The Morgan fingerprint density at radius 1 is 1.44 bits per heavy atom. The quantitative estimate of drug-likeness (QED) is 0.613. The van der Waals surface area contributed by atoms with Crippen LogP contribution in [0, 0.1) is 5.92 Å². The van der Waals surface area contributed by atoms with E-state index >= 15 is 0 Å². The highest BCUT2D eigenvalue weighted by molar-refractivity contribution is 8.16. The smallest absolute Gasteiger partial charge is 0.222 e. The zero-order chi connectivity index (χ0) is 6.69.